The summed E-state index contributed by atoms with van der Waals surface area (Å²) in [6.07, 6.45) is 8.31. The fraction of sp³-hybridized carbons (Fsp3) is 0.857. The molecule has 1 N–H and O–H groups in total. The molecule has 3 saturated carbocycles. The van der Waals surface area contributed by atoms with Gasteiger partial charge in [-0.05, 0) is 61.9 Å². The number of hydrogen-bond acceptors (Lipinski definition) is 4. The Morgan fingerprint density at radius 2 is 1.76 bits per heavy atom. The van der Waals surface area contributed by atoms with E-state index in [9.17, 15) is 9.90 Å². The van der Waals surface area contributed by atoms with E-state index < -0.39 is 5.79 Å². The molecule has 25 heavy (non-hydrogen) atoms. The smallest absolute Gasteiger partial charge is 0.174 e. The number of allylic oxidation sites excluding steroid dienone is 1. The first-order chi connectivity index (χ1) is 11.9. The van der Waals surface area contributed by atoms with Crippen molar-refractivity contribution in [2.24, 2.45) is 28.6 Å². The summed E-state index contributed by atoms with van der Waals surface area (Å²) in [6, 6.07) is 0. The van der Waals surface area contributed by atoms with E-state index in [4.69, 9.17) is 9.47 Å². The van der Waals surface area contributed by atoms with E-state index in [-0.39, 0.29) is 22.9 Å². The Balaban J connectivity index is 1.54. The molecule has 0 unspecified atom stereocenters. The van der Waals surface area contributed by atoms with Gasteiger partial charge >= 0.3 is 0 Å². The fourth-order valence-electron chi connectivity index (χ4n) is 7.27. The Kier molecular flexibility index (Phi) is 3.41. The summed E-state index contributed by atoms with van der Waals surface area (Å²) in [7, 11) is 0. The number of ketones is 1. The van der Waals surface area contributed by atoms with Gasteiger partial charge in [0.25, 0.3) is 0 Å². The first-order valence-corrected chi connectivity index (χ1v) is 10.1. The predicted molar refractivity (Wildman–Crippen MR) is 92.7 cm³/mol. The molecule has 0 amide bonds. The highest BCUT2D eigenvalue weighted by molar-refractivity contribution is 5.94. The minimum Gasteiger partial charge on any atom is -0.393 e. The van der Waals surface area contributed by atoms with Gasteiger partial charge in [0.15, 0.2) is 11.6 Å². The van der Waals surface area contributed by atoms with E-state index in [0.29, 0.717) is 37.3 Å². The van der Waals surface area contributed by atoms with Crippen LogP contribution in [0.3, 0.4) is 0 Å². The van der Waals surface area contributed by atoms with Crippen LogP contribution in [0.25, 0.3) is 0 Å². The minimum absolute atomic E-state index is 0.0454. The zero-order valence-electron chi connectivity index (χ0n) is 15.4. The first kappa shape index (κ1) is 16.5. The first-order valence-electron chi connectivity index (χ1n) is 10.1. The van der Waals surface area contributed by atoms with Gasteiger partial charge in [0, 0.05) is 17.8 Å². The van der Waals surface area contributed by atoms with E-state index in [1.54, 1.807) is 0 Å². The molecule has 0 aromatic heterocycles. The zero-order chi connectivity index (χ0) is 17.4. The Labute approximate surface area is 150 Å². The number of fused-ring (bicyclic) bond motifs is 6. The Morgan fingerprint density at radius 1 is 1.04 bits per heavy atom. The van der Waals surface area contributed by atoms with Gasteiger partial charge in [0.1, 0.15) is 0 Å². The summed E-state index contributed by atoms with van der Waals surface area (Å²) in [4.78, 5) is 13.2. The van der Waals surface area contributed by atoms with Crippen LogP contribution in [-0.4, -0.2) is 36.0 Å². The van der Waals surface area contributed by atoms with Gasteiger partial charge in [0.2, 0.25) is 0 Å². The molecule has 0 radical (unpaired) electrons. The molecule has 4 nitrogen and oxygen atoms in total. The zero-order valence-corrected chi connectivity index (χ0v) is 15.4. The van der Waals surface area contributed by atoms with E-state index in [2.05, 4.69) is 13.8 Å². The lowest BCUT2D eigenvalue weighted by Gasteiger charge is -2.57. The third-order valence-corrected chi connectivity index (χ3v) is 8.72. The third-order valence-electron chi connectivity index (χ3n) is 8.72. The summed E-state index contributed by atoms with van der Waals surface area (Å²) in [5.74, 6) is 0.740. The fourth-order valence-corrected chi connectivity index (χ4v) is 7.27. The van der Waals surface area contributed by atoms with Crippen LogP contribution in [-0.2, 0) is 14.3 Å². The van der Waals surface area contributed by atoms with Crippen molar-refractivity contribution < 1.29 is 19.4 Å². The van der Waals surface area contributed by atoms with Gasteiger partial charge in [0.05, 0.1) is 19.3 Å². The normalized spacial score (nSPS) is 51.0. The quantitative estimate of drug-likeness (QED) is 0.732. The topological polar surface area (TPSA) is 55.8 Å². The largest absolute Gasteiger partial charge is 0.393 e. The van der Waals surface area contributed by atoms with Crippen LogP contribution in [0.5, 0.6) is 0 Å². The van der Waals surface area contributed by atoms with Crippen molar-refractivity contribution in [2.75, 3.05) is 13.2 Å². The molecule has 0 aromatic rings. The average Bonchev–Trinajstić information content (AvgIpc) is 3.17. The molecular weight excluding hydrogens is 316 g/mol. The van der Waals surface area contributed by atoms with Crippen molar-refractivity contribution in [3.63, 3.8) is 0 Å². The summed E-state index contributed by atoms with van der Waals surface area (Å²) < 4.78 is 12.3. The second-order valence-corrected chi connectivity index (χ2v) is 9.57. The number of aliphatic hydroxyl groups excluding tert-OH is 1. The molecule has 5 aliphatic rings. The Morgan fingerprint density at radius 3 is 2.52 bits per heavy atom. The lowest BCUT2D eigenvalue weighted by atomic mass is 9.47. The summed E-state index contributed by atoms with van der Waals surface area (Å²) >= 11 is 0. The van der Waals surface area contributed by atoms with Crippen molar-refractivity contribution in [1.29, 1.82) is 0 Å². The van der Waals surface area contributed by atoms with Crippen LogP contribution in [0.15, 0.2) is 11.6 Å². The van der Waals surface area contributed by atoms with E-state index in [1.165, 1.54) is 5.57 Å². The highest BCUT2D eigenvalue weighted by atomic mass is 16.7. The summed E-state index contributed by atoms with van der Waals surface area (Å²) in [5.41, 5.74) is 1.25. The van der Waals surface area contributed by atoms with Crippen molar-refractivity contribution in [2.45, 2.75) is 70.7 Å². The lowest BCUT2D eigenvalue weighted by molar-refractivity contribution is -0.240. The second-order valence-electron chi connectivity index (χ2n) is 9.57. The molecule has 1 aliphatic heterocycles. The maximum atomic E-state index is 13.2. The lowest BCUT2D eigenvalue weighted by Crippen LogP contribution is -2.57. The number of rotatable bonds is 0. The van der Waals surface area contributed by atoms with Gasteiger partial charge in [-0.2, -0.15) is 0 Å². The predicted octanol–water partition coefficient (Wildman–Crippen LogP) is 3.23. The van der Waals surface area contributed by atoms with Crippen molar-refractivity contribution in [3.8, 4) is 0 Å². The van der Waals surface area contributed by atoms with Gasteiger partial charge in [-0.1, -0.05) is 19.4 Å². The Hall–Kier alpha value is -0.710. The molecule has 0 bridgehead atoms. The minimum atomic E-state index is -0.448. The molecule has 4 fully saturated rings. The van der Waals surface area contributed by atoms with Crippen LogP contribution < -0.4 is 0 Å². The molecule has 4 aliphatic carbocycles. The maximum Gasteiger partial charge on any atom is 0.174 e. The summed E-state index contributed by atoms with van der Waals surface area (Å²) in [5, 5.41) is 10.1. The molecule has 1 saturated heterocycles. The number of carbonyl (C=O) groups is 1. The summed E-state index contributed by atoms with van der Waals surface area (Å²) in [6.45, 7) is 6.03. The number of hydrogen-bond donors (Lipinski definition) is 1. The highest BCUT2D eigenvalue weighted by Gasteiger charge is 2.67. The standard InChI is InChI=1S/C21H30O4/c1-19-6-3-14(22)11-13(19)12-17(23)18-15(19)4-7-20(2)16(18)5-8-21(20)24-9-10-25-21/h12,14-16,18,22H,3-11H2,1-2H3/t14-,15-,16-,18+,19-,20-/m0/s1. The second kappa shape index (κ2) is 5.17. The molecule has 1 heterocycles. The highest BCUT2D eigenvalue weighted by Crippen LogP contribution is 2.67. The van der Waals surface area contributed by atoms with Crippen LogP contribution in [0.4, 0.5) is 0 Å². The molecule has 6 atom stereocenters. The van der Waals surface area contributed by atoms with Crippen LogP contribution >= 0.6 is 0 Å². The van der Waals surface area contributed by atoms with Gasteiger partial charge in [-0.25, -0.2) is 0 Å². The average molecular weight is 346 g/mol. The number of aliphatic hydroxyl groups is 1. The Bertz CT molecular complexity index is 634. The van der Waals surface area contributed by atoms with E-state index in [1.807, 2.05) is 6.08 Å². The molecule has 0 aromatic carbocycles. The van der Waals surface area contributed by atoms with Crippen molar-refractivity contribution in [1.82, 2.24) is 0 Å². The van der Waals surface area contributed by atoms with Crippen LogP contribution in [0, 0.1) is 28.6 Å². The third kappa shape index (κ3) is 1.97. The van der Waals surface area contributed by atoms with E-state index >= 15 is 0 Å². The van der Waals surface area contributed by atoms with Crippen LogP contribution in [0.2, 0.25) is 0 Å². The monoisotopic (exact) mass is 346 g/mol. The number of carbonyl (C=O) groups excluding carboxylic acids is 1. The van der Waals surface area contributed by atoms with Gasteiger partial charge < -0.3 is 14.6 Å². The molecule has 138 valence electrons. The van der Waals surface area contributed by atoms with Gasteiger partial charge in [-0.3, -0.25) is 4.79 Å². The molecular formula is C21H30O4. The van der Waals surface area contributed by atoms with Gasteiger partial charge in [-0.15, -0.1) is 0 Å². The van der Waals surface area contributed by atoms with Crippen LogP contribution in [0.1, 0.15) is 58.8 Å². The maximum absolute atomic E-state index is 13.2. The van der Waals surface area contributed by atoms with E-state index in [0.717, 1.165) is 38.5 Å². The molecule has 1 spiro atoms. The van der Waals surface area contributed by atoms with Crippen molar-refractivity contribution in [3.05, 3.63) is 11.6 Å². The molecule has 4 heteroatoms. The number of ether oxygens (including phenoxy) is 2. The SMILES string of the molecule is C[C@]12CC[C@H](O)CC1=CC(=O)[C@@H]1[C@@H]2CC[C@@]2(C)[C@H]1CCC21OCCO1. The van der Waals surface area contributed by atoms with Crippen molar-refractivity contribution >= 4 is 5.78 Å². The molecule has 5 rings (SSSR count).